The molecule has 0 aliphatic carbocycles. The Labute approximate surface area is 124 Å². The zero-order valence-corrected chi connectivity index (χ0v) is 12.4. The van der Waals surface area contributed by atoms with Crippen molar-refractivity contribution < 1.29 is 14.3 Å². The fourth-order valence-electron chi connectivity index (χ4n) is 2.57. The van der Waals surface area contributed by atoms with Gasteiger partial charge in [0, 0.05) is 37.8 Å². The van der Waals surface area contributed by atoms with E-state index in [0.717, 1.165) is 12.8 Å². The maximum atomic E-state index is 12.5. The first kappa shape index (κ1) is 15.2. The van der Waals surface area contributed by atoms with Crippen LogP contribution < -0.4 is 15.8 Å². The molecule has 1 aromatic rings. The number of nitrogen functional groups attached to an aromatic ring is 1. The minimum atomic E-state index is -0.0619. The molecule has 0 spiro atoms. The number of amides is 2. The van der Waals surface area contributed by atoms with Crippen LogP contribution in [0.1, 0.15) is 30.1 Å². The van der Waals surface area contributed by atoms with Gasteiger partial charge >= 0.3 is 0 Å². The van der Waals surface area contributed by atoms with Crippen LogP contribution >= 0.6 is 0 Å². The van der Waals surface area contributed by atoms with Gasteiger partial charge in [-0.25, -0.2) is 0 Å². The van der Waals surface area contributed by atoms with E-state index in [1.165, 1.54) is 14.0 Å². The van der Waals surface area contributed by atoms with Gasteiger partial charge in [0.2, 0.25) is 5.91 Å². The van der Waals surface area contributed by atoms with Crippen LogP contribution in [0.5, 0.6) is 5.75 Å². The average molecular weight is 291 g/mol. The van der Waals surface area contributed by atoms with E-state index in [2.05, 4.69) is 5.32 Å². The number of ether oxygens (including phenoxy) is 1. The molecule has 0 saturated carbocycles. The summed E-state index contributed by atoms with van der Waals surface area (Å²) >= 11 is 0. The molecule has 1 saturated heterocycles. The van der Waals surface area contributed by atoms with Crippen molar-refractivity contribution in [3.63, 3.8) is 0 Å². The molecule has 0 atom stereocenters. The van der Waals surface area contributed by atoms with E-state index in [0.29, 0.717) is 30.1 Å². The summed E-state index contributed by atoms with van der Waals surface area (Å²) in [6.07, 6.45) is 1.53. The van der Waals surface area contributed by atoms with E-state index in [1.807, 2.05) is 0 Å². The van der Waals surface area contributed by atoms with Crippen LogP contribution in [0.2, 0.25) is 0 Å². The maximum Gasteiger partial charge on any atom is 0.257 e. The molecular weight excluding hydrogens is 270 g/mol. The second-order valence-electron chi connectivity index (χ2n) is 5.23. The van der Waals surface area contributed by atoms with Gasteiger partial charge < -0.3 is 20.7 Å². The number of likely N-dealkylation sites (tertiary alicyclic amines) is 1. The Kier molecular flexibility index (Phi) is 4.67. The Balaban J connectivity index is 2.03. The summed E-state index contributed by atoms with van der Waals surface area (Å²) in [6.45, 7) is 2.76. The lowest BCUT2D eigenvalue weighted by atomic mass is 10.0. The zero-order valence-electron chi connectivity index (χ0n) is 12.4. The lowest BCUT2D eigenvalue weighted by Gasteiger charge is -2.32. The molecule has 6 heteroatoms. The van der Waals surface area contributed by atoms with Gasteiger partial charge in [-0.15, -0.1) is 0 Å². The van der Waals surface area contributed by atoms with Gasteiger partial charge in [0.1, 0.15) is 5.75 Å². The lowest BCUT2D eigenvalue weighted by molar-refractivity contribution is -0.119. The molecule has 1 aliphatic rings. The fraction of sp³-hybridized carbons (Fsp3) is 0.467. The molecule has 114 valence electrons. The van der Waals surface area contributed by atoms with Gasteiger partial charge in [-0.2, -0.15) is 0 Å². The number of anilines is 1. The van der Waals surface area contributed by atoms with Crippen LogP contribution in [0.25, 0.3) is 0 Å². The second-order valence-corrected chi connectivity index (χ2v) is 5.23. The predicted molar refractivity (Wildman–Crippen MR) is 80.1 cm³/mol. The molecule has 3 N–H and O–H groups in total. The van der Waals surface area contributed by atoms with Crippen LogP contribution in [-0.4, -0.2) is 43.0 Å². The molecule has 0 unspecified atom stereocenters. The number of benzene rings is 1. The summed E-state index contributed by atoms with van der Waals surface area (Å²) in [5.74, 6) is 0.400. The van der Waals surface area contributed by atoms with Crippen molar-refractivity contribution in [2.45, 2.75) is 25.8 Å². The van der Waals surface area contributed by atoms with Gasteiger partial charge in [-0.1, -0.05) is 0 Å². The highest BCUT2D eigenvalue weighted by Gasteiger charge is 2.25. The quantitative estimate of drug-likeness (QED) is 0.814. The van der Waals surface area contributed by atoms with Crippen LogP contribution in [0.15, 0.2) is 18.2 Å². The molecular formula is C15H21N3O3. The molecule has 21 heavy (non-hydrogen) atoms. The summed E-state index contributed by atoms with van der Waals surface area (Å²) in [7, 11) is 1.52. The number of piperidine rings is 1. The van der Waals surface area contributed by atoms with E-state index in [-0.39, 0.29) is 17.9 Å². The summed E-state index contributed by atoms with van der Waals surface area (Å²) in [5, 5.41) is 2.89. The van der Waals surface area contributed by atoms with E-state index >= 15 is 0 Å². The molecule has 1 heterocycles. The highest BCUT2D eigenvalue weighted by molar-refractivity contribution is 5.97. The van der Waals surface area contributed by atoms with Crippen molar-refractivity contribution in [3.05, 3.63) is 23.8 Å². The number of nitrogens with one attached hydrogen (secondary N) is 1. The first-order chi connectivity index (χ1) is 10.0. The summed E-state index contributed by atoms with van der Waals surface area (Å²) in [5.41, 5.74) is 6.78. The van der Waals surface area contributed by atoms with Crippen molar-refractivity contribution in [2.75, 3.05) is 25.9 Å². The van der Waals surface area contributed by atoms with Crippen LogP contribution in [0.3, 0.4) is 0 Å². The number of rotatable bonds is 3. The molecule has 1 fully saturated rings. The molecule has 0 bridgehead atoms. The summed E-state index contributed by atoms with van der Waals surface area (Å²) in [6, 6.07) is 5.19. The molecule has 1 aliphatic heterocycles. The molecule has 2 amide bonds. The largest absolute Gasteiger partial charge is 0.496 e. The third-order valence-electron chi connectivity index (χ3n) is 3.65. The van der Waals surface area contributed by atoms with Gasteiger partial charge in [0.05, 0.1) is 12.7 Å². The lowest BCUT2D eigenvalue weighted by Crippen LogP contribution is -2.46. The fourth-order valence-corrected chi connectivity index (χ4v) is 2.57. The normalized spacial score (nSPS) is 15.6. The highest BCUT2D eigenvalue weighted by Crippen LogP contribution is 2.24. The first-order valence-electron chi connectivity index (χ1n) is 7.01. The SMILES string of the molecule is COc1cc(N)ccc1C(=O)N1CCC(NC(C)=O)CC1. The predicted octanol–water partition coefficient (Wildman–Crippen LogP) is 1.02. The zero-order chi connectivity index (χ0) is 15.4. The molecule has 2 rings (SSSR count). The maximum absolute atomic E-state index is 12.5. The minimum Gasteiger partial charge on any atom is -0.496 e. The smallest absolute Gasteiger partial charge is 0.257 e. The van der Waals surface area contributed by atoms with Crippen molar-refractivity contribution in [3.8, 4) is 5.75 Å². The van der Waals surface area contributed by atoms with Gasteiger partial charge in [-0.3, -0.25) is 9.59 Å². The number of carbonyl (C=O) groups is 2. The molecule has 0 radical (unpaired) electrons. The first-order valence-corrected chi connectivity index (χ1v) is 7.01. The molecule has 0 aromatic heterocycles. The Morgan fingerprint density at radius 1 is 1.33 bits per heavy atom. The minimum absolute atomic E-state index is 0.0278. The molecule has 1 aromatic carbocycles. The third-order valence-corrected chi connectivity index (χ3v) is 3.65. The Bertz CT molecular complexity index is 537. The number of nitrogens with two attached hydrogens (primary N) is 1. The third kappa shape index (κ3) is 3.65. The monoisotopic (exact) mass is 291 g/mol. The van der Waals surface area contributed by atoms with Crippen molar-refractivity contribution in [1.29, 1.82) is 0 Å². The number of carbonyl (C=O) groups excluding carboxylic acids is 2. The van der Waals surface area contributed by atoms with Crippen molar-refractivity contribution in [1.82, 2.24) is 10.2 Å². The Morgan fingerprint density at radius 2 is 2.00 bits per heavy atom. The van der Waals surface area contributed by atoms with E-state index < -0.39 is 0 Å². The highest BCUT2D eigenvalue weighted by atomic mass is 16.5. The average Bonchev–Trinajstić information content (AvgIpc) is 2.46. The van der Waals surface area contributed by atoms with E-state index in [4.69, 9.17) is 10.5 Å². The summed E-state index contributed by atoms with van der Waals surface area (Å²) in [4.78, 5) is 25.4. The standard InChI is InChI=1S/C15H21N3O3/c1-10(19)17-12-5-7-18(8-6-12)15(20)13-4-3-11(16)9-14(13)21-2/h3-4,9,12H,5-8,16H2,1-2H3,(H,17,19). The van der Waals surface area contributed by atoms with Crippen molar-refractivity contribution in [2.24, 2.45) is 0 Å². The Morgan fingerprint density at radius 3 is 2.57 bits per heavy atom. The van der Waals surface area contributed by atoms with Crippen LogP contribution in [0, 0.1) is 0 Å². The van der Waals surface area contributed by atoms with Gasteiger partial charge in [0.25, 0.3) is 5.91 Å². The van der Waals surface area contributed by atoms with E-state index in [1.54, 1.807) is 23.1 Å². The van der Waals surface area contributed by atoms with Crippen LogP contribution in [0.4, 0.5) is 5.69 Å². The number of hydrogen-bond donors (Lipinski definition) is 2. The number of methoxy groups -OCH3 is 1. The number of nitrogens with zero attached hydrogens (tertiary/aromatic N) is 1. The topological polar surface area (TPSA) is 84.7 Å². The van der Waals surface area contributed by atoms with Gasteiger partial charge in [-0.05, 0) is 25.0 Å². The Hall–Kier alpha value is -2.24. The van der Waals surface area contributed by atoms with Crippen molar-refractivity contribution >= 4 is 17.5 Å². The van der Waals surface area contributed by atoms with E-state index in [9.17, 15) is 9.59 Å². The van der Waals surface area contributed by atoms with Crippen LogP contribution in [-0.2, 0) is 4.79 Å². The number of hydrogen-bond acceptors (Lipinski definition) is 4. The summed E-state index contributed by atoms with van der Waals surface area (Å²) < 4.78 is 5.23. The van der Waals surface area contributed by atoms with Gasteiger partial charge in [0.15, 0.2) is 0 Å². The second kappa shape index (κ2) is 6.47. The molecule has 6 nitrogen and oxygen atoms in total.